The SMILES string of the molecule is Cc1cc(Nc2cc(NC(Cc3cccs3)C(N)=O)ccc2C#N)sn1. The average Bonchev–Trinajstić information content (AvgIpc) is 3.26. The van der Waals surface area contributed by atoms with Gasteiger partial charge in [0.25, 0.3) is 0 Å². The van der Waals surface area contributed by atoms with Crippen LogP contribution in [0.4, 0.5) is 16.4 Å². The van der Waals surface area contributed by atoms with E-state index in [2.05, 4.69) is 21.1 Å². The molecule has 0 spiro atoms. The molecule has 0 saturated carbocycles. The minimum Gasteiger partial charge on any atom is -0.373 e. The Morgan fingerprint density at radius 3 is 2.85 bits per heavy atom. The molecule has 3 aromatic rings. The van der Waals surface area contributed by atoms with Crippen LogP contribution < -0.4 is 16.4 Å². The van der Waals surface area contributed by atoms with E-state index in [0.29, 0.717) is 23.4 Å². The molecule has 1 amide bonds. The van der Waals surface area contributed by atoms with Gasteiger partial charge in [-0.15, -0.1) is 11.3 Å². The zero-order valence-corrected chi connectivity index (χ0v) is 15.7. The van der Waals surface area contributed by atoms with Crippen molar-refractivity contribution in [3.05, 3.63) is 57.9 Å². The van der Waals surface area contributed by atoms with Crippen LogP contribution in [0.1, 0.15) is 16.1 Å². The Balaban J connectivity index is 1.81. The monoisotopic (exact) mass is 383 g/mol. The van der Waals surface area contributed by atoms with Crippen LogP contribution >= 0.6 is 22.9 Å². The van der Waals surface area contributed by atoms with Crippen LogP contribution in [0, 0.1) is 18.3 Å². The van der Waals surface area contributed by atoms with Gasteiger partial charge in [0.2, 0.25) is 5.91 Å². The standard InChI is InChI=1S/C18H17N5OS2/c1-11-7-17(26-23-11)22-15-8-13(5-4-12(15)10-19)21-16(18(20)24)9-14-3-2-6-25-14/h2-8,16,21-22H,9H2,1H3,(H2,20,24). The number of aromatic nitrogens is 1. The van der Waals surface area contributed by atoms with E-state index in [1.165, 1.54) is 11.5 Å². The van der Waals surface area contributed by atoms with E-state index in [9.17, 15) is 10.1 Å². The number of nitrogens with two attached hydrogens (primary N) is 1. The van der Waals surface area contributed by atoms with Gasteiger partial charge in [-0.2, -0.15) is 9.64 Å². The van der Waals surface area contributed by atoms with Crippen molar-refractivity contribution in [2.24, 2.45) is 5.73 Å². The summed E-state index contributed by atoms with van der Waals surface area (Å²) in [4.78, 5) is 12.9. The van der Waals surface area contributed by atoms with Crippen molar-refractivity contribution in [3.8, 4) is 6.07 Å². The molecule has 2 heterocycles. The Labute approximate surface area is 159 Å². The highest BCUT2D eigenvalue weighted by Gasteiger charge is 2.17. The van der Waals surface area contributed by atoms with Gasteiger partial charge in [-0.1, -0.05) is 6.07 Å². The van der Waals surface area contributed by atoms with Crippen LogP contribution in [0.15, 0.2) is 41.8 Å². The molecule has 132 valence electrons. The second-order valence-corrected chi connectivity index (χ2v) is 7.55. The molecule has 0 saturated heterocycles. The molecular weight excluding hydrogens is 366 g/mol. The minimum atomic E-state index is -0.528. The van der Waals surface area contributed by atoms with Crippen molar-refractivity contribution < 1.29 is 4.79 Å². The predicted octanol–water partition coefficient (Wildman–Crippen LogP) is 3.64. The maximum absolute atomic E-state index is 11.8. The van der Waals surface area contributed by atoms with Gasteiger partial charge < -0.3 is 16.4 Å². The molecular formula is C18H17N5OS2. The number of carbonyl (C=O) groups excluding carboxylic acids is 1. The highest BCUT2D eigenvalue weighted by molar-refractivity contribution is 7.10. The molecule has 0 bridgehead atoms. The molecule has 0 aliphatic carbocycles. The van der Waals surface area contributed by atoms with Gasteiger partial charge in [0.1, 0.15) is 17.1 Å². The van der Waals surface area contributed by atoms with Crippen molar-refractivity contribution in [2.75, 3.05) is 10.6 Å². The van der Waals surface area contributed by atoms with E-state index >= 15 is 0 Å². The van der Waals surface area contributed by atoms with Gasteiger partial charge in [-0.3, -0.25) is 4.79 Å². The Morgan fingerprint density at radius 1 is 1.38 bits per heavy atom. The second-order valence-electron chi connectivity index (χ2n) is 5.71. The number of nitrogens with zero attached hydrogens (tertiary/aromatic N) is 2. The van der Waals surface area contributed by atoms with Crippen LogP contribution in [0.25, 0.3) is 0 Å². The summed E-state index contributed by atoms with van der Waals surface area (Å²) in [6.07, 6.45) is 0.518. The summed E-state index contributed by atoms with van der Waals surface area (Å²) in [5, 5.41) is 18.5. The Kier molecular flexibility index (Phi) is 5.51. The summed E-state index contributed by atoms with van der Waals surface area (Å²) in [7, 11) is 0. The Bertz CT molecular complexity index is 943. The molecule has 1 unspecified atom stereocenters. The van der Waals surface area contributed by atoms with Crippen LogP contribution in [0.5, 0.6) is 0 Å². The lowest BCUT2D eigenvalue weighted by molar-refractivity contribution is -0.118. The number of aryl methyl sites for hydroxylation is 1. The average molecular weight is 384 g/mol. The van der Waals surface area contributed by atoms with Crippen molar-refractivity contribution >= 4 is 45.2 Å². The maximum Gasteiger partial charge on any atom is 0.240 e. The number of thiophene rings is 1. The van der Waals surface area contributed by atoms with Crippen molar-refractivity contribution in [2.45, 2.75) is 19.4 Å². The molecule has 3 rings (SSSR count). The highest BCUT2D eigenvalue weighted by atomic mass is 32.1. The number of amides is 1. The van der Waals surface area contributed by atoms with Gasteiger partial charge in [-0.05, 0) is 54.2 Å². The molecule has 0 fully saturated rings. The first-order valence-electron chi connectivity index (χ1n) is 7.88. The third kappa shape index (κ3) is 4.39. The van der Waals surface area contributed by atoms with Gasteiger partial charge in [-0.25, -0.2) is 0 Å². The van der Waals surface area contributed by atoms with E-state index in [1.807, 2.05) is 30.5 Å². The number of rotatable bonds is 7. The van der Waals surface area contributed by atoms with Gasteiger partial charge in [0.05, 0.1) is 16.9 Å². The summed E-state index contributed by atoms with van der Waals surface area (Å²) < 4.78 is 4.22. The smallest absolute Gasteiger partial charge is 0.240 e. The highest BCUT2D eigenvalue weighted by Crippen LogP contribution is 2.27. The minimum absolute atomic E-state index is 0.421. The molecule has 26 heavy (non-hydrogen) atoms. The first kappa shape index (κ1) is 17.9. The fourth-order valence-corrected chi connectivity index (χ4v) is 3.87. The fourth-order valence-electron chi connectivity index (χ4n) is 2.44. The molecule has 8 heteroatoms. The number of hydrogen-bond acceptors (Lipinski definition) is 7. The molecule has 1 atom stereocenters. The van der Waals surface area contributed by atoms with E-state index in [4.69, 9.17) is 5.73 Å². The molecule has 0 aliphatic heterocycles. The number of nitrogens with one attached hydrogen (secondary N) is 2. The van der Waals surface area contributed by atoms with E-state index in [-0.39, 0.29) is 0 Å². The lowest BCUT2D eigenvalue weighted by Gasteiger charge is -2.17. The quantitative estimate of drug-likeness (QED) is 0.578. The molecule has 6 nitrogen and oxygen atoms in total. The van der Waals surface area contributed by atoms with E-state index < -0.39 is 11.9 Å². The van der Waals surface area contributed by atoms with Crippen molar-refractivity contribution in [3.63, 3.8) is 0 Å². The molecule has 1 aromatic carbocycles. The molecule has 0 radical (unpaired) electrons. The first-order chi connectivity index (χ1) is 12.5. The molecule has 4 N–H and O–H groups in total. The third-order valence-electron chi connectivity index (χ3n) is 3.70. The normalized spacial score (nSPS) is 11.5. The summed E-state index contributed by atoms with van der Waals surface area (Å²) in [6, 6.07) is 12.7. The van der Waals surface area contributed by atoms with E-state index in [0.717, 1.165) is 15.6 Å². The maximum atomic E-state index is 11.8. The number of anilines is 3. The number of primary amides is 1. The number of hydrogen-bond donors (Lipinski definition) is 3. The van der Waals surface area contributed by atoms with Crippen LogP contribution in [0.2, 0.25) is 0 Å². The summed E-state index contributed by atoms with van der Waals surface area (Å²) in [6.45, 7) is 1.91. The van der Waals surface area contributed by atoms with Gasteiger partial charge >= 0.3 is 0 Å². The van der Waals surface area contributed by atoms with E-state index in [1.54, 1.807) is 29.5 Å². The van der Waals surface area contributed by atoms with Crippen molar-refractivity contribution in [1.82, 2.24) is 4.37 Å². The third-order valence-corrected chi connectivity index (χ3v) is 5.39. The number of carbonyl (C=O) groups is 1. The number of benzene rings is 1. The molecule has 0 aliphatic rings. The summed E-state index contributed by atoms with van der Waals surface area (Å²) in [5.41, 5.74) is 8.34. The first-order valence-corrected chi connectivity index (χ1v) is 9.53. The van der Waals surface area contributed by atoms with Gasteiger partial charge in [0.15, 0.2) is 0 Å². The Morgan fingerprint density at radius 2 is 2.23 bits per heavy atom. The zero-order chi connectivity index (χ0) is 18.5. The Hall–Kier alpha value is -2.89. The summed E-state index contributed by atoms with van der Waals surface area (Å²) in [5.74, 6) is -0.421. The topological polar surface area (TPSA) is 104 Å². The lowest BCUT2D eigenvalue weighted by Crippen LogP contribution is -2.37. The van der Waals surface area contributed by atoms with Crippen LogP contribution in [0.3, 0.4) is 0 Å². The molecule has 2 aromatic heterocycles. The second kappa shape index (κ2) is 7.99. The fraction of sp³-hybridized carbons (Fsp3) is 0.167. The van der Waals surface area contributed by atoms with Gasteiger partial charge in [0, 0.05) is 17.0 Å². The van der Waals surface area contributed by atoms with Crippen molar-refractivity contribution in [1.29, 1.82) is 5.26 Å². The zero-order valence-electron chi connectivity index (χ0n) is 14.0. The lowest BCUT2D eigenvalue weighted by atomic mass is 10.1. The van der Waals surface area contributed by atoms with Crippen LogP contribution in [-0.4, -0.2) is 16.3 Å². The number of nitriles is 1. The van der Waals surface area contributed by atoms with Crippen LogP contribution in [-0.2, 0) is 11.2 Å². The largest absolute Gasteiger partial charge is 0.373 e. The predicted molar refractivity (Wildman–Crippen MR) is 106 cm³/mol. The summed E-state index contributed by atoms with van der Waals surface area (Å²) >= 11 is 2.91.